The topological polar surface area (TPSA) is 66.4 Å². The molecule has 0 aromatic heterocycles. The van der Waals surface area contributed by atoms with E-state index in [1.165, 1.54) is 6.07 Å². The first-order valence-corrected chi connectivity index (χ1v) is 7.98. The molecule has 2 aromatic carbocycles. The maximum Gasteiger partial charge on any atom is 0.303 e. The lowest BCUT2D eigenvalue weighted by atomic mass is 10.1. The van der Waals surface area contributed by atoms with E-state index < -0.39 is 17.6 Å². The Morgan fingerprint density at radius 3 is 2.20 bits per heavy atom. The van der Waals surface area contributed by atoms with Gasteiger partial charge in [0.15, 0.2) is 11.6 Å². The Labute approximate surface area is 144 Å². The number of carboxylic acid groups (broad SMARTS) is 1. The van der Waals surface area contributed by atoms with Crippen LogP contribution in [-0.4, -0.2) is 17.0 Å². The van der Waals surface area contributed by atoms with Crippen LogP contribution in [0.25, 0.3) is 0 Å². The summed E-state index contributed by atoms with van der Waals surface area (Å²) in [5.41, 5.74) is 2.17. The SMILES string of the molecule is O=C(O)CCc1ccc(NC(=O)CCCc2ccc(F)c(F)c2)cc1. The van der Waals surface area contributed by atoms with Crippen molar-refractivity contribution in [1.29, 1.82) is 0 Å². The van der Waals surface area contributed by atoms with E-state index in [0.29, 0.717) is 30.5 Å². The number of carbonyl (C=O) groups excluding carboxylic acids is 1. The number of hydrogen-bond acceptors (Lipinski definition) is 2. The van der Waals surface area contributed by atoms with Crippen molar-refractivity contribution in [2.24, 2.45) is 0 Å². The number of benzene rings is 2. The fourth-order valence-corrected chi connectivity index (χ4v) is 2.38. The van der Waals surface area contributed by atoms with Gasteiger partial charge in [-0.1, -0.05) is 18.2 Å². The van der Waals surface area contributed by atoms with Gasteiger partial charge in [-0.3, -0.25) is 9.59 Å². The van der Waals surface area contributed by atoms with E-state index in [1.54, 1.807) is 24.3 Å². The van der Waals surface area contributed by atoms with Crippen molar-refractivity contribution < 1.29 is 23.5 Å². The highest BCUT2D eigenvalue weighted by molar-refractivity contribution is 5.90. The van der Waals surface area contributed by atoms with Gasteiger partial charge in [-0.25, -0.2) is 8.78 Å². The maximum absolute atomic E-state index is 13.1. The van der Waals surface area contributed by atoms with Crippen molar-refractivity contribution in [3.05, 3.63) is 65.2 Å². The molecule has 2 N–H and O–H groups in total. The number of aryl methyl sites for hydroxylation is 2. The number of amides is 1. The molecule has 6 heteroatoms. The third-order valence-corrected chi connectivity index (χ3v) is 3.72. The van der Waals surface area contributed by atoms with Gasteiger partial charge in [0, 0.05) is 18.5 Å². The van der Waals surface area contributed by atoms with Crippen molar-refractivity contribution in [3.8, 4) is 0 Å². The molecule has 0 heterocycles. The lowest BCUT2D eigenvalue weighted by Crippen LogP contribution is -2.11. The van der Waals surface area contributed by atoms with Crippen LogP contribution in [0.5, 0.6) is 0 Å². The highest BCUT2D eigenvalue weighted by atomic mass is 19.2. The zero-order valence-electron chi connectivity index (χ0n) is 13.6. The molecule has 0 aliphatic heterocycles. The Kier molecular flexibility index (Phi) is 6.62. The average molecular weight is 347 g/mol. The van der Waals surface area contributed by atoms with E-state index in [9.17, 15) is 18.4 Å². The van der Waals surface area contributed by atoms with Crippen molar-refractivity contribution in [2.75, 3.05) is 5.32 Å². The zero-order chi connectivity index (χ0) is 18.2. The fourth-order valence-electron chi connectivity index (χ4n) is 2.38. The van der Waals surface area contributed by atoms with Gasteiger partial charge in [0.25, 0.3) is 0 Å². The summed E-state index contributed by atoms with van der Waals surface area (Å²) in [4.78, 5) is 22.4. The molecule has 0 bridgehead atoms. The first-order valence-electron chi connectivity index (χ1n) is 7.98. The van der Waals surface area contributed by atoms with Crippen molar-refractivity contribution >= 4 is 17.6 Å². The molecule has 0 aliphatic carbocycles. The van der Waals surface area contributed by atoms with Crippen LogP contribution in [0.2, 0.25) is 0 Å². The summed E-state index contributed by atoms with van der Waals surface area (Å²) in [5.74, 6) is -2.78. The molecule has 0 saturated heterocycles. The minimum absolute atomic E-state index is 0.0652. The number of carbonyl (C=O) groups is 2. The predicted molar refractivity (Wildman–Crippen MR) is 90.3 cm³/mol. The van der Waals surface area contributed by atoms with Crippen LogP contribution in [0.4, 0.5) is 14.5 Å². The van der Waals surface area contributed by atoms with Gasteiger partial charge in [-0.15, -0.1) is 0 Å². The molecule has 25 heavy (non-hydrogen) atoms. The normalized spacial score (nSPS) is 10.5. The smallest absolute Gasteiger partial charge is 0.303 e. The summed E-state index contributed by atoms with van der Waals surface area (Å²) in [6, 6.07) is 10.7. The Balaban J connectivity index is 1.76. The number of nitrogens with one attached hydrogen (secondary N) is 1. The van der Waals surface area contributed by atoms with Crippen molar-refractivity contribution in [3.63, 3.8) is 0 Å². The molecule has 0 radical (unpaired) electrons. The average Bonchev–Trinajstić information content (AvgIpc) is 2.57. The van der Waals surface area contributed by atoms with Crippen molar-refractivity contribution in [2.45, 2.75) is 32.1 Å². The lowest BCUT2D eigenvalue weighted by Gasteiger charge is -2.07. The van der Waals surface area contributed by atoms with E-state index >= 15 is 0 Å². The molecule has 0 fully saturated rings. The summed E-state index contributed by atoms with van der Waals surface area (Å²) >= 11 is 0. The molecule has 0 aliphatic rings. The van der Waals surface area contributed by atoms with Gasteiger partial charge in [-0.2, -0.15) is 0 Å². The minimum Gasteiger partial charge on any atom is -0.481 e. The Morgan fingerprint density at radius 2 is 1.56 bits per heavy atom. The van der Waals surface area contributed by atoms with Crippen LogP contribution in [0.15, 0.2) is 42.5 Å². The monoisotopic (exact) mass is 347 g/mol. The Hall–Kier alpha value is -2.76. The highest BCUT2D eigenvalue weighted by Crippen LogP contribution is 2.14. The summed E-state index contributed by atoms with van der Waals surface area (Å²) in [6.45, 7) is 0. The van der Waals surface area contributed by atoms with E-state index in [-0.39, 0.29) is 18.7 Å². The van der Waals surface area contributed by atoms with E-state index in [0.717, 1.165) is 17.7 Å². The lowest BCUT2D eigenvalue weighted by molar-refractivity contribution is -0.137. The van der Waals surface area contributed by atoms with Crippen LogP contribution < -0.4 is 5.32 Å². The molecule has 132 valence electrons. The molecule has 2 aromatic rings. The van der Waals surface area contributed by atoms with Gasteiger partial charge < -0.3 is 10.4 Å². The summed E-state index contributed by atoms with van der Waals surface area (Å²) < 4.78 is 25.9. The minimum atomic E-state index is -0.884. The van der Waals surface area contributed by atoms with Crippen LogP contribution in [0, 0.1) is 11.6 Å². The number of aliphatic carboxylic acids is 1. The van der Waals surface area contributed by atoms with Gasteiger partial charge in [0.1, 0.15) is 0 Å². The number of rotatable bonds is 8. The number of hydrogen-bond donors (Lipinski definition) is 2. The van der Waals surface area contributed by atoms with E-state index in [1.807, 2.05) is 0 Å². The first kappa shape index (κ1) is 18.6. The molecule has 0 unspecified atom stereocenters. The van der Waals surface area contributed by atoms with Crippen molar-refractivity contribution in [1.82, 2.24) is 0 Å². The van der Waals surface area contributed by atoms with Gasteiger partial charge in [-0.05, 0) is 54.7 Å². The van der Waals surface area contributed by atoms with Gasteiger partial charge >= 0.3 is 5.97 Å². The fraction of sp³-hybridized carbons (Fsp3) is 0.263. The third-order valence-electron chi connectivity index (χ3n) is 3.72. The number of carboxylic acids is 1. The number of halogens is 2. The molecule has 0 spiro atoms. The summed E-state index contributed by atoms with van der Waals surface area (Å²) in [6.07, 6.45) is 1.78. The molecular weight excluding hydrogens is 328 g/mol. The third kappa shape index (κ3) is 6.33. The zero-order valence-corrected chi connectivity index (χ0v) is 13.6. The summed E-state index contributed by atoms with van der Waals surface area (Å²) in [5, 5.41) is 11.4. The molecule has 1 amide bonds. The molecule has 0 atom stereocenters. The van der Waals surface area contributed by atoms with Gasteiger partial charge in [0.2, 0.25) is 5.91 Å². The van der Waals surface area contributed by atoms with Crippen LogP contribution in [0.1, 0.15) is 30.4 Å². The van der Waals surface area contributed by atoms with E-state index in [4.69, 9.17) is 5.11 Å². The Morgan fingerprint density at radius 1 is 0.880 bits per heavy atom. The Bertz CT molecular complexity index is 745. The second-order valence-corrected chi connectivity index (χ2v) is 5.74. The molecule has 0 saturated carbocycles. The van der Waals surface area contributed by atoms with Crippen LogP contribution in [0.3, 0.4) is 0 Å². The predicted octanol–water partition coefficient (Wildman–Crippen LogP) is 3.94. The molecule has 4 nitrogen and oxygen atoms in total. The quantitative estimate of drug-likeness (QED) is 0.760. The second kappa shape index (κ2) is 8.92. The summed E-state index contributed by atoms with van der Waals surface area (Å²) in [7, 11) is 0. The highest BCUT2D eigenvalue weighted by Gasteiger charge is 2.06. The van der Waals surface area contributed by atoms with Gasteiger partial charge in [0.05, 0.1) is 0 Å². The second-order valence-electron chi connectivity index (χ2n) is 5.74. The van der Waals surface area contributed by atoms with Crippen LogP contribution >= 0.6 is 0 Å². The van der Waals surface area contributed by atoms with E-state index in [2.05, 4.69) is 5.32 Å². The number of anilines is 1. The first-order chi connectivity index (χ1) is 11.9. The van der Waals surface area contributed by atoms with Crippen LogP contribution in [-0.2, 0) is 22.4 Å². The maximum atomic E-state index is 13.1. The molecular formula is C19H19F2NO3. The largest absolute Gasteiger partial charge is 0.481 e. The standard InChI is InChI=1S/C19H19F2NO3/c20-16-10-6-14(12-17(16)21)2-1-3-18(23)22-15-8-4-13(5-9-15)7-11-19(24)25/h4-6,8-10,12H,1-3,7,11H2,(H,22,23)(H,24,25). The molecule has 2 rings (SSSR count).